The van der Waals surface area contributed by atoms with Gasteiger partial charge in [0.15, 0.2) is 0 Å². The van der Waals surface area contributed by atoms with E-state index in [-0.39, 0.29) is 12.2 Å². The van der Waals surface area contributed by atoms with Gasteiger partial charge in [0.25, 0.3) is 0 Å². The summed E-state index contributed by atoms with van der Waals surface area (Å²) in [7, 11) is 1.69. The normalized spacial score (nSPS) is 38.1. The zero-order chi connectivity index (χ0) is 13.3. The van der Waals surface area contributed by atoms with Crippen LogP contribution in [-0.2, 0) is 20.6 Å². The Hall–Kier alpha value is -0.940. The zero-order valence-electron chi connectivity index (χ0n) is 11.1. The van der Waals surface area contributed by atoms with E-state index < -0.39 is 11.9 Å². The van der Waals surface area contributed by atoms with Gasteiger partial charge >= 0.3 is 0 Å². The highest BCUT2D eigenvalue weighted by Gasteiger charge is 2.57. The Kier molecular flexibility index (Phi) is 3.58. The summed E-state index contributed by atoms with van der Waals surface area (Å²) >= 11 is 0. The van der Waals surface area contributed by atoms with Gasteiger partial charge in [-0.05, 0) is 12.0 Å². The van der Waals surface area contributed by atoms with Crippen molar-refractivity contribution in [2.24, 2.45) is 0 Å². The number of ether oxygens (including phenoxy) is 3. The van der Waals surface area contributed by atoms with Crippen molar-refractivity contribution < 1.29 is 19.3 Å². The summed E-state index contributed by atoms with van der Waals surface area (Å²) in [6, 6.07) is 10.00. The van der Waals surface area contributed by atoms with Gasteiger partial charge < -0.3 is 19.3 Å². The smallest absolute Gasteiger partial charge is 0.201 e. The number of benzene rings is 1. The monoisotopic (exact) mass is 264 g/mol. The van der Waals surface area contributed by atoms with Gasteiger partial charge in [-0.2, -0.15) is 0 Å². The van der Waals surface area contributed by atoms with Gasteiger partial charge in [-0.3, -0.25) is 0 Å². The highest BCUT2D eigenvalue weighted by Crippen LogP contribution is 2.41. The Morgan fingerprint density at radius 3 is 2.84 bits per heavy atom. The molecule has 3 aliphatic rings. The molecular formula is C15H20O4. The lowest BCUT2D eigenvalue weighted by Gasteiger charge is -2.53. The molecule has 1 aromatic rings. The van der Waals surface area contributed by atoms with Crippen molar-refractivity contribution in [3.8, 4) is 0 Å². The van der Waals surface area contributed by atoms with Crippen LogP contribution in [0.3, 0.4) is 0 Å². The Balaban J connectivity index is 1.72. The van der Waals surface area contributed by atoms with Crippen molar-refractivity contribution in [3.63, 3.8) is 0 Å². The molecule has 4 nitrogen and oxygen atoms in total. The summed E-state index contributed by atoms with van der Waals surface area (Å²) in [5.74, 6) is -0.856. The molecule has 0 saturated carbocycles. The fourth-order valence-corrected chi connectivity index (χ4v) is 2.93. The number of aliphatic hydroxyl groups excluding tert-OH is 1. The molecule has 104 valence electrons. The number of hydrogen-bond donors (Lipinski definition) is 1. The molecule has 4 rings (SSSR count). The van der Waals surface area contributed by atoms with E-state index in [4.69, 9.17) is 14.2 Å². The third-order valence-corrected chi connectivity index (χ3v) is 4.06. The van der Waals surface area contributed by atoms with E-state index in [1.165, 1.54) is 0 Å². The van der Waals surface area contributed by atoms with Crippen LogP contribution in [0.25, 0.3) is 0 Å². The van der Waals surface area contributed by atoms with Crippen LogP contribution < -0.4 is 0 Å². The van der Waals surface area contributed by atoms with Crippen molar-refractivity contribution >= 4 is 0 Å². The fourth-order valence-electron chi connectivity index (χ4n) is 2.93. The molecule has 4 heteroatoms. The average Bonchev–Trinajstić information content (AvgIpc) is 2.42. The first-order chi connectivity index (χ1) is 9.23. The number of fused-ring (bicyclic) bond motifs is 4. The van der Waals surface area contributed by atoms with Crippen molar-refractivity contribution in [1.29, 1.82) is 0 Å². The topological polar surface area (TPSA) is 47.9 Å². The van der Waals surface area contributed by atoms with E-state index in [2.05, 4.69) is 0 Å². The molecule has 1 aromatic carbocycles. The summed E-state index contributed by atoms with van der Waals surface area (Å²) in [6.07, 6.45) is 1.52. The van der Waals surface area contributed by atoms with Crippen LogP contribution in [0.1, 0.15) is 18.4 Å². The lowest BCUT2D eigenvalue weighted by atomic mass is 9.86. The van der Waals surface area contributed by atoms with Crippen LogP contribution in [-0.4, -0.2) is 42.9 Å². The van der Waals surface area contributed by atoms with Gasteiger partial charge in [0.05, 0.1) is 18.8 Å². The van der Waals surface area contributed by atoms with Crippen LogP contribution in [0.2, 0.25) is 0 Å². The molecule has 0 radical (unpaired) electrons. The second kappa shape index (κ2) is 5.21. The predicted molar refractivity (Wildman–Crippen MR) is 69.7 cm³/mol. The minimum atomic E-state index is -0.856. The standard InChI is InChI=1S/C15H20O4/c1-17-12-7-8-18-15(14(16)13(9-12)19-15)10-11-5-3-2-4-6-11/h2-6,12-14,16H,7-10H2,1H3. The Morgan fingerprint density at radius 2 is 2.16 bits per heavy atom. The number of rotatable bonds is 3. The van der Waals surface area contributed by atoms with Gasteiger partial charge in [-0.25, -0.2) is 0 Å². The summed E-state index contributed by atoms with van der Waals surface area (Å²) in [5.41, 5.74) is 1.11. The fraction of sp³-hybridized carbons (Fsp3) is 0.600. The molecular weight excluding hydrogens is 244 g/mol. The molecule has 0 spiro atoms. The van der Waals surface area contributed by atoms with Gasteiger partial charge in [0.2, 0.25) is 5.79 Å². The molecule has 0 aliphatic carbocycles. The SMILES string of the molecule is COC1CCOC2(Cc3ccccc3)OC(C1)C2O. The molecule has 0 aromatic heterocycles. The van der Waals surface area contributed by atoms with Crippen LogP contribution >= 0.6 is 0 Å². The molecule has 3 saturated heterocycles. The van der Waals surface area contributed by atoms with Crippen LogP contribution in [0.4, 0.5) is 0 Å². The summed E-state index contributed by atoms with van der Waals surface area (Å²) in [6.45, 7) is 0.551. The Morgan fingerprint density at radius 1 is 1.37 bits per heavy atom. The molecule has 1 N–H and O–H groups in total. The Bertz CT molecular complexity index is 417. The molecule has 3 fully saturated rings. The number of hydrogen-bond acceptors (Lipinski definition) is 4. The lowest BCUT2D eigenvalue weighted by molar-refractivity contribution is -0.408. The molecule has 0 amide bonds. The largest absolute Gasteiger partial charge is 0.385 e. The second-order valence-corrected chi connectivity index (χ2v) is 5.31. The van der Waals surface area contributed by atoms with Gasteiger partial charge in [-0.1, -0.05) is 30.3 Å². The predicted octanol–water partition coefficient (Wildman–Crippen LogP) is 1.51. The molecule has 19 heavy (non-hydrogen) atoms. The first kappa shape index (κ1) is 13.1. The van der Waals surface area contributed by atoms with Crippen LogP contribution in [0.5, 0.6) is 0 Å². The minimum absolute atomic E-state index is 0.106. The maximum Gasteiger partial charge on any atom is 0.201 e. The van der Waals surface area contributed by atoms with E-state index in [0.717, 1.165) is 18.4 Å². The van der Waals surface area contributed by atoms with Crippen LogP contribution in [0.15, 0.2) is 30.3 Å². The molecule has 3 aliphatic heterocycles. The highest BCUT2D eigenvalue weighted by molar-refractivity contribution is 5.18. The van der Waals surface area contributed by atoms with E-state index in [1.807, 2.05) is 30.3 Å². The number of aliphatic hydroxyl groups is 1. The van der Waals surface area contributed by atoms with Crippen LogP contribution in [0, 0.1) is 0 Å². The molecule has 2 bridgehead atoms. The third kappa shape index (κ3) is 2.41. The summed E-state index contributed by atoms with van der Waals surface area (Å²) < 4.78 is 17.0. The second-order valence-electron chi connectivity index (χ2n) is 5.31. The highest BCUT2D eigenvalue weighted by atomic mass is 16.7. The maximum atomic E-state index is 10.4. The zero-order valence-corrected chi connectivity index (χ0v) is 11.1. The lowest BCUT2D eigenvalue weighted by Crippen LogP contribution is -2.68. The van der Waals surface area contributed by atoms with E-state index in [0.29, 0.717) is 13.0 Å². The summed E-state index contributed by atoms with van der Waals surface area (Å²) in [5, 5.41) is 10.4. The minimum Gasteiger partial charge on any atom is -0.385 e. The first-order valence-electron chi connectivity index (χ1n) is 6.80. The van der Waals surface area contributed by atoms with E-state index >= 15 is 0 Å². The first-order valence-corrected chi connectivity index (χ1v) is 6.80. The van der Waals surface area contributed by atoms with Crippen molar-refractivity contribution in [1.82, 2.24) is 0 Å². The van der Waals surface area contributed by atoms with Crippen molar-refractivity contribution in [3.05, 3.63) is 35.9 Å². The van der Waals surface area contributed by atoms with Crippen molar-refractivity contribution in [2.45, 2.75) is 43.4 Å². The maximum absolute atomic E-state index is 10.4. The quantitative estimate of drug-likeness (QED) is 0.899. The van der Waals surface area contributed by atoms with E-state index in [9.17, 15) is 5.11 Å². The molecule has 4 atom stereocenters. The molecule has 3 heterocycles. The number of methoxy groups -OCH3 is 1. The third-order valence-electron chi connectivity index (χ3n) is 4.06. The Labute approximate surface area is 113 Å². The average molecular weight is 264 g/mol. The van der Waals surface area contributed by atoms with Gasteiger partial charge in [-0.15, -0.1) is 0 Å². The van der Waals surface area contributed by atoms with E-state index in [1.54, 1.807) is 7.11 Å². The molecule has 4 unspecified atom stereocenters. The van der Waals surface area contributed by atoms with Crippen molar-refractivity contribution in [2.75, 3.05) is 13.7 Å². The van der Waals surface area contributed by atoms with Gasteiger partial charge in [0, 0.05) is 20.0 Å². The summed E-state index contributed by atoms with van der Waals surface area (Å²) in [4.78, 5) is 0. The van der Waals surface area contributed by atoms with Gasteiger partial charge in [0.1, 0.15) is 6.10 Å².